The molecule has 0 aliphatic rings. The molecule has 126 valence electrons. The third-order valence-electron chi connectivity index (χ3n) is 3.59. The lowest BCUT2D eigenvalue weighted by Gasteiger charge is -2.15. The number of rotatable bonds is 3. The zero-order chi connectivity index (χ0) is 17.5. The molecular weight excluding hydrogens is 321 g/mol. The molecule has 0 aliphatic carbocycles. The maximum atomic E-state index is 12.8. The molecule has 0 aliphatic heterocycles. The third-order valence-corrected chi connectivity index (χ3v) is 3.59. The lowest BCUT2D eigenvalue weighted by Crippen LogP contribution is -2.12. The number of nitrogens with one attached hydrogen (secondary N) is 1. The largest absolute Gasteiger partial charge is 0.416 e. The molecule has 0 fully saturated rings. The van der Waals surface area contributed by atoms with E-state index >= 15 is 0 Å². The van der Waals surface area contributed by atoms with Gasteiger partial charge in [-0.05, 0) is 38.1 Å². The van der Waals surface area contributed by atoms with E-state index in [1.54, 1.807) is 4.52 Å². The number of halogens is 3. The van der Waals surface area contributed by atoms with Crippen molar-refractivity contribution in [3.63, 3.8) is 0 Å². The normalized spacial score (nSPS) is 13.2. The number of hydrogen-bond donors (Lipinski definition) is 2. The number of fused-ring (bicyclic) bond motifs is 1. The Kier molecular flexibility index (Phi) is 3.92. The van der Waals surface area contributed by atoms with E-state index < -0.39 is 18.0 Å². The van der Waals surface area contributed by atoms with Crippen molar-refractivity contribution in [3.05, 3.63) is 59.0 Å². The van der Waals surface area contributed by atoms with Gasteiger partial charge in [-0.3, -0.25) is 0 Å². The molecular formula is C16H15F3N4O. The first-order valence-corrected chi connectivity index (χ1v) is 7.19. The molecule has 0 spiro atoms. The summed E-state index contributed by atoms with van der Waals surface area (Å²) in [6.45, 7) is 3.67. The Morgan fingerprint density at radius 2 is 1.96 bits per heavy atom. The van der Waals surface area contributed by atoms with Crippen molar-refractivity contribution in [2.24, 2.45) is 0 Å². The van der Waals surface area contributed by atoms with Crippen LogP contribution >= 0.6 is 0 Å². The van der Waals surface area contributed by atoms with Gasteiger partial charge in [0, 0.05) is 17.1 Å². The van der Waals surface area contributed by atoms with E-state index in [1.807, 2.05) is 19.9 Å². The Morgan fingerprint density at radius 1 is 1.21 bits per heavy atom. The standard InChI is InChI=1S/C16H15F3N4O/c1-9-6-10(2)23-14(21-9)13(8-20-23)15(24)22-12-5-3-4-11(7-12)16(17,18)19/h3-8,15,22,24H,1-2H3. The Labute approximate surface area is 135 Å². The first-order valence-electron chi connectivity index (χ1n) is 7.19. The van der Waals surface area contributed by atoms with Crippen LogP contribution in [0.15, 0.2) is 36.5 Å². The van der Waals surface area contributed by atoms with Crippen LogP contribution in [0.4, 0.5) is 18.9 Å². The fourth-order valence-corrected chi connectivity index (χ4v) is 2.50. The van der Waals surface area contributed by atoms with Crippen molar-refractivity contribution in [2.75, 3.05) is 5.32 Å². The summed E-state index contributed by atoms with van der Waals surface area (Å²) < 4.78 is 39.9. The second kappa shape index (κ2) is 5.79. The third kappa shape index (κ3) is 3.05. The van der Waals surface area contributed by atoms with E-state index in [1.165, 1.54) is 18.3 Å². The molecule has 3 aromatic rings. The maximum Gasteiger partial charge on any atom is 0.416 e. The zero-order valence-electron chi connectivity index (χ0n) is 13.0. The van der Waals surface area contributed by atoms with Gasteiger partial charge in [-0.2, -0.15) is 18.3 Å². The lowest BCUT2D eigenvalue weighted by molar-refractivity contribution is -0.137. The SMILES string of the molecule is Cc1cc(C)n2ncc(C(O)Nc3cccc(C(F)(F)F)c3)c2n1. The van der Waals surface area contributed by atoms with E-state index in [4.69, 9.17) is 0 Å². The number of aliphatic hydroxyl groups excluding tert-OH is 1. The molecule has 1 atom stereocenters. The summed E-state index contributed by atoms with van der Waals surface area (Å²) in [5.74, 6) is 0. The molecule has 0 saturated carbocycles. The van der Waals surface area contributed by atoms with Crippen LogP contribution in [0, 0.1) is 13.8 Å². The van der Waals surface area contributed by atoms with Crippen LogP contribution in [-0.4, -0.2) is 19.7 Å². The van der Waals surface area contributed by atoms with Gasteiger partial charge in [-0.15, -0.1) is 0 Å². The number of hydrogen-bond acceptors (Lipinski definition) is 4. The number of aromatic nitrogens is 3. The molecule has 0 amide bonds. The van der Waals surface area contributed by atoms with Gasteiger partial charge in [-0.1, -0.05) is 6.07 Å². The summed E-state index contributed by atoms with van der Waals surface area (Å²) in [6.07, 6.45) is -4.23. The smallest absolute Gasteiger partial charge is 0.369 e. The highest BCUT2D eigenvalue weighted by Crippen LogP contribution is 2.31. The molecule has 2 heterocycles. The van der Waals surface area contributed by atoms with Gasteiger partial charge in [0.05, 0.1) is 17.3 Å². The minimum Gasteiger partial charge on any atom is -0.369 e. The molecule has 3 rings (SSSR count). The monoisotopic (exact) mass is 336 g/mol. The van der Waals surface area contributed by atoms with Crippen molar-refractivity contribution in [1.29, 1.82) is 0 Å². The molecule has 8 heteroatoms. The van der Waals surface area contributed by atoms with Gasteiger partial charge >= 0.3 is 6.18 Å². The van der Waals surface area contributed by atoms with Gasteiger partial charge in [0.2, 0.25) is 0 Å². The summed E-state index contributed by atoms with van der Waals surface area (Å²) >= 11 is 0. The van der Waals surface area contributed by atoms with Crippen molar-refractivity contribution in [3.8, 4) is 0 Å². The number of alkyl halides is 3. The quantitative estimate of drug-likeness (QED) is 0.719. The van der Waals surface area contributed by atoms with Crippen LogP contribution < -0.4 is 5.32 Å². The summed E-state index contributed by atoms with van der Waals surface area (Å²) in [7, 11) is 0. The van der Waals surface area contributed by atoms with Crippen LogP contribution in [-0.2, 0) is 6.18 Å². The number of anilines is 1. The fraction of sp³-hybridized carbons (Fsp3) is 0.250. The maximum absolute atomic E-state index is 12.8. The van der Waals surface area contributed by atoms with Crippen LogP contribution in [0.5, 0.6) is 0 Å². The van der Waals surface area contributed by atoms with E-state index in [9.17, 15) is 18.3 Å². The number of benzene rings is 1. The lowest BCUT2D eigenvalue weighted by atomic mass is 10.2. The Morgan fingerprint density at radius 3 is 2.67 bits per heavy atom. The van der Waals surface area contributed by atoms with Gasteiger partial charge in [-0.25, -0.2) is 9.50 Å². The summed E-state index contributed by atoms with van der Waals surface area (Å²) in [6, 6.07) is 6.49. The van der Waals surface area contributed by atoms with Crippen LogP contribution in [0.25, 0.3) is 5.65 Å². The molecule has 24 heavy (non-hydrogen) atoms. The van der Waals surface area contributed by atoms with Gasteiger partial charge in [0.15, 0.2) is 11.9 Å². The topological polar surface area (TPSA) is 62.5 Å². The fourth-order valence-electron chi connectivity index (χ4n) is 2.50. The summed E-state index contributed by atoms with van der Waals surface area (Å²) in [4.78, 5) is 4.34. The first-order chi connectivity index (χ1) is 11.3. The zero-order valence-corrected chi connectivity index (χ0v) is 13.0. The van der Waals surface area contributed by atoms with Crippen molar-refractivity contribution >= 4 is 11.3 Å². The Bertz CT molecular complexity index is 889. The summed E-state index contributed by atoms with van der Waals surface area (Å²) in [5, 5.41) is 17.2. The predicted octanol–water partition coefficient (Wildman–Crippen LogP) is 3.47. The molecule has 5 nitrogen and oxygen atoms in total. The van der Waals surface area contributed by atoms with E-state index in [-0.39, 0.29) is 5.69 Å². The van der Waals surface area contributed by atoms with Gasteiger partial charge < -0.3 is 10.4 Å². The minimum absolute atomic E-state index is 0.154. The Hall–Kier alpha value is -2.61. The van der Waals surface area contributed by atoms with E-state index in [0.29, 0.717) is 11.2 Å². The van der Waals surface area contributed by atoms with Crippen LogP contribution in [0.2, 0.25) is 0 Å². The van der Waals surface area contributed by atoms with E-state index in [0.717, 1.165) is 23.5 Å². The van der Waals surface area contributed by atoms with E-state index in [2.05, 4.69) is 15.4 Å². The summed E-state index contributed by atoms with van der Waals surface area (Å²) in [5.41, 5.74) is 1.81. The molecule has 1 aromatic carbocycles. The molecule has 2 N–H and O–H groups in total. The highest BCUT2D eigenvalue weighted by Gasteiger charge is 2.30. The van der Waals surface area contributed by atoms with Crippen molar-refractivity contribution < 1.29 is 18.3 Å². The number of aliphatic hydroxyl groups is 1. The van der Waals surface area contributed by atoms with Crippen molar-refractivity contribution in [1.82, 2.24) is 14.6 Å². The van der Waals surface area contributed by atoms with Crippen molar-refractivity contribution in [2.45, 2.75) is 26.3 Å². The second-order valence-electron chi connectivity index (χ2n) is 5.50. The predicted molar refractivity (Wildman–Crippen MR) is 82.5 cm³/mol. The average Bonchev–Trinajstić information content (AvgIpc) is 2.90. The molecule has 0 saturated heterocycles. The Balaban J connectivity index is 1.92. The number of aryl methyl sites for hydroxylation is 2. The van der Waals surface area contributed by atoms with Gasteiger partial charge in [0.25, 0.3) is 0 Å². The minimum atomic E-state index is -4.44. The molecule has 2 aromatic heterocycles. The average molecular weight is 336 g/mol. The highest BCUT2D eigenvalue weighted by atomic mass is 19.4. The highest BCUT2D eigenvalue weighted by molar-refractivity contribution is 5.54. The molecule has 0 radical (unpaired) electrons. The molecule has 0 bridgehead atoms. The first kappa shape index (κ1) is 16.3. The van der Waals surface area contributed by atoms with Crippen LogP contribution in [0.3, 0.4) is 0 Å². The molecule has 1 unspecified atom stereocenters. The van der Waals surface area contributed by atoms with Gasteiger partial charge in [0.1, 0.15) is 0 Å². The van der Waals surface area contributed by atoms with Crippen LogP contribution in [0.1, 0.15) is 28.7 Å². The number of nitrogens with zero attached hydrogens (tertiary/aromatic N) is 3. The second-order valence-corrected chi connectivity index (χ2v) is 5.50.